The molecule has 3 N–H and O–H groups in total. The monoisotopic (exact) mass is 636 g/mol. The van der Waals surface area contributed by atoms with Gasteiger partial charge >= 0.3 is 12.2 Å². The number of urea groups is 1. The Morgan fingerprint density at radius 2 is 1.95 bits per heavy atom. The van der Waals surface area contributed by atoms with E-state index in [1.165, 1.54) is 41.6 Å². The van der Waals surface area contributed by atoms with Crippen LogP contribution < -0.4 is 15.4 Å². The predicted molar refractivity (Wildman–Crippen MR) is 153 cm³/mol. The molecule has 0 bridgehead atoms. The third-order valence-electron chi connectivity index (χ3n) is 7.54. The van der Waals surface area contributed by atoms with Crippen LogP contribution in [0, 0.1) is 5.82 Å². The van der Waals surface area contributed by atoms with Crippen molar-refractivity contribution >= 4 is 40.0 Å². The molecule has 2 aliphatic rings. The Labute approximate surface area is 252 Å². The highest BCUT2D eigenvalue weighted by atomic mass is 35.5. The summed E-state index contributed by atoms with van der Waals surface area (Å²) < 4.78 is 82.6. The Bertz CT molecular complexity index is 1680. The zero-order valence-corrected chi connectivity index (χ0v) is 23.7. The highest BCUT2D eigenvalue weighted by Crippen LogP contribution is 2.36. The highest BCUT2D eigenvalue weighted by molar-refractivity contribution is 6.36. The number of pyridine rings is 1. The topological polar surface area (TPSA) is 94.8 Å². The number of carbonyl (C=O) groups excluding carboxylic acids is 1. The molecular formula is C29H26ClF5N6O3. The van der Waals surface area contributed by atoms with Crippen molar-refractivity contribution in [1.82, 2.24) is 19.8 Å². The first-order valence-electron chi connectivity index (χ1n) is 13.6. The molecule has 6 rings (SSSR count). The second kappa shape index (κ2) is 12.2. The zero-order valence-electron chi connectivity index (χ0n) is 22.9. The summed E-state index contributed by atoms with van der Waals surface area (Å²) in [5.74, 6) is -0.408. The van der Waals surface area contributed by atoms with Gasteiger partial charge in [-0.2, -0.15) is 13.2 Å². The number of piperazine rings is 1. The van der Waals surface area contributed by atoms with Crippen molar-refractivity contribution in [3.63, 3.8) is 0 Å². The van der Waals surface area contributed by atoms with Crippen LogP contribution in [-0.4, -0.2) is 71.0 Å². The van der Waals surface area contributed by atoms with Crippen molar-refractivity contribution in [2.75, 3.05) is 43.5 Å². The molecule has 0 spiro atoms. The maximum Gasteiger partial charge on any atom is 0.416 e. The van der Waals surface area contributed by atoms with E-state index in [9.17, 15) is 26.7 Å². The van der Waals surface area contributed by atoms with Crippen LogP contribution in [-0.2, 0) is 17.5 Å². The largest absolute Gasteiger partial charge is 0.456 e. The van der Waals surface area contributed by atoms with Gasteiger partial charge in [0.25, 0.3) is 0 Å². The Morgan fingerprint density at radius 3 is 2.66 bits per heavy atom. The number of hydrogen-bond acceptors (Lipinski definition) is 6. The zero-order chi connectivity index (χ0) is 31.0. The van der Waals surface area contributed by atoms with Crippen molar-refractivity contribution in [1.29, 1.82) is 0 Å². The van der Waals surface area contributed by atoms with Crippen molar-refractivity contribution in [2.45, 2.75) is 25.1 Å². The van der Waals surface area contributed by atoms with E-state index in [2.05, 4.69) is 20.6 Å². The van der Waals surface area contributed by atoms with Gasteiger partial charge in [-0.3, -0.25) is 9.80 Å². The molecule has 2 aromatic carbocycles. The first-order chi connectivity index (χ1) is 21.0. The summed E-state index contributed by atoms with van der Waals surface area (Å²) in [5, 5.41) is 5.45. The summed E-state index contributed by atoms with van der Waals surface area (Å²) >= 11 is 6.17. The van der Waals surface area contributed by atoms with E-state index in [1.807, 2.05) is 4.90 Å². The molecule has 2 saturated heterocycles. The highest BCUT2D eigenvalue weighted by Gasteiger charge is 2.37. The van der Waals surface area contributed by atoms with Crippen LogP contribution in [0.25, 0.3) is 11.0 Å². The first-order valence-corrected chi connectivity index (χ1v) is 14.0. The average molecular weight is 637 g/mol. The summed E-state index contributed by atoms with van der Waals surface area (Å²) in [6.45, 7) is 1.68. The Balaban J connectivity index is 1.10. The molecule has 4 aromatic rings. The molecule has 2 fully saturated rings. The average Bonchev–Trinajstić information content (AvgIpc) is 3.32. The number of amides is 2. The molecule has 15 heteroatoms. The third-order valence-corrected chi connectivity index (χ3v) is 7.84. The molecule has 1 unspecified atom stereocenters. The van der Waals surface area contributed by atoms with Gasteiger partial charge in [0.15, 0.2) is 6.30 Å². The number of rotatable bonds is 7. The summed E-state index contributed by atoms with van der Waals surface area (Å²) in [6, 6.07) is 7.69. The molecule has 0 saturated carbocycles. The number of nitrogens with one attached hydrogen (secondary N) is 3. The van der Waals surface area contributed by atoms with Crippen LogP contribution >= 0.6 is 11.6 Å². The van der Waals surface area contributed by atoms with E-state index < -0.39 is 29.9 Å². The molecular weight excluding hydrogens is 611 g/mol. The lowest BCUT2D eigenvalue weighted by Crippen LogP contribution is -2.58. The van der Waals surface area contributed by atoms with Crippen molar-refractivity contribution < 1.29 is 36.2 Å². The Hall–Kier alpha value is -3.98. The Morgan fingerprint density at radius 1 is 1.14 bits per heavy atom. The number of hydrogen-bond donors (Lipinski definition) is 3. The van der Waals surface area contributed by atoms with Crippen LogP contribution in [0.2, 0.25) is 5.02 Å². The summed E-state index contributed by atoms with van der Waals surface area (Å²) in [6.07, 6.45) is -3.16. The fraction of sp³-hybridized carbons (Fsp3) is 0.310. The van der Waals surface area contributed by atoms with Crippen LogP contribution in [0.4, 0.5) is 38.1 Å². The molecule has 44 heavy (non-hydrogen) atoms. The van der Waals surface area contributed by atoms with E-state index in [1.54, 1.807) is 6.07 Å². The van der Waals surface area contributed by atoms with Crippen molar-refractivity contribution in [3.05, 3.63) is 76.8 Å². The number of aromatic nitrogens is 2. The number of ether oxygens (including phenoxy) is 2. The predicted octanol–water partition coefficient (Wildman–Crippen LogP) is 6.62. The van der Waals surface area contributed by atoms with Gasteiger partial charge < -0.3 is 25.1 Å². The second-order valence-corrected chi connectivity index (χ2v) is 10.9. The lowest BCUT2D eigenvalue weighted by molar-refractivity contribution is -0.139. The van der Waals surface area contributed by atoms with Gasteiger partial charge in [0.05, 0.1) is 40.9 Å². The fourth-order valence-electron chi connectivity index (χ4n) is 5.16. The molecule has 9 nitrogen and oxygen atoms in total. The molecule has 232 valence electrons. The standard InChI is InChI=1S/C29H26ClF5N6O3/c30-21-11-37-27-26(21)24(5-6-36-27)44-19-3-4-23(22(31)10-19)39-28(42)38-17-2-1-16(20(9-17)29(33,34)35)12-41-8-7-40(13-25(41)32)18-14-43-15-18/h1-6,9-11,18,25H,7-8,12-15H2,(H,36,37)(H2,38,39,42). The Kier molecular flexibility index (Phi) is 8.33. The quantitative estimate of drug-likeness (QED) is 0.156. The second-order valence-electron chi connectivity index (χ2n) is 10.5. The van der Waals surface area contributed by atoms with Crippen molar-refractivity contribution in [2.24, 2.45) is 0 Å². The van der Waals surface area contributed by atoms with Crippen molar-refractivity contribution in [3.8, 4) is 11.5 Å². The first kappa shape index (κ1) is 30.1. The third kappa shape index (κ3) is 6.43. The van der Waals surface area contributed by atoms with Crippen LogP contribution in [0.15, 0.2) is 54.9 Å². The molecule has 0 radical (unpaired) electrons. The number of H-pyrrole nitrogens is 1. The number of fused-ring (bicyclic) bond motifs is 1. The summed E-state index contributed by atoms with van der Waals surface area (Å²) in [4.78, 5) is 22.9. The number of halogens is 6. The number of aromatic amines is 1. The smallest absolute Gasteiger partial charge is 0.416 e. The number of nitrogens with zero attached hydrogens (tertiary/aromatic N) is 3. The molecule has 4 heterocycles. The maximum atomic E-state index is 14.9. The molecule has 2 aliphatic heterocycles. The molecule has 2 amide bonds. The SMILES string of the molecule is O=C(Nc1ccc(CN2CCN(C3COC3)CC2F)c(C(F)(F)F)c1)Nc1ccc(Oc2ccnc3[nH]cc(Cl)c23)cc1F. The number of benzene rings is 2. The van der Waals surface area contributed by atoms with E-state index in [-0.39, 0.29) is 48.4 Å². The van der Waals surface area contributed by atoms with Crippen LogP contribution in [0.3, 0.4) is 0 Å². The minimum Gasteiger partial charge on any atom is -0.456 e. The minimum atomic E-state index is -4.76. The lowest BCUT2D eigenvalue weighted by atomic mass is 10.0. The van der Waals surface area contributed by atoms with Crippen LogP contribution in [0.5, 0.6) is 11.5 Å². The van der Waals surface area contributed by atoms with Gasteiger partial charge in [-0.05, 0) is 35.9 Å². The molecule has 2 aromatic heterocycles. The van der Waals surface area contributed by atoms with Gasteiger partial charge in [-0.25, -0.2) is 18.6 Å². The van der Waals surface area contributed by atoms with E-state index in [4.69, 9.17) is 21.1 Å². The molecule has 1 atom stereocenters. The lowest BCUT2D eigenvalue weighted by Gasteiger charge is -2.44. The molecule has 0 aliphatic carbocycles. The number of alkyl halides is 4. The number of anilines is 2. The minimum absolute atomic E-state index is 0.0910. The van der Waals surface area contributed by atoms with Gasteiger partial charge in [-0.1, -0.05) is 17.7 Å². The summed E-state index contributed by atoms with van der Waals surface area (Å²) in [7, 11) is 0. The van der Waals surface area contributed by atoms with Gasteiger partial charge in [-0.15, -0.1) is 0 Å². The number of carbonyl (C=O) groups is 1. The van der Waals surface area contributed by atoms with Crippen LogP contribution in [0.1, 0.15) is 11.1 Å². The van der Waals surface area contributed by atoms with E-state index in [0.29, 0.717) is 41.6 Å². The normalized spacial score (nSPS) is 18.3. The maximum absolute atomic E-state index is 14.9. The van der Waals surface area contributed by atoms with Gasteiger partial charge in [0.1, 0.15) is 23.0 Å². The fourth-order valence-corrected chi connectivity index (χ4v) is 5.40. The van der Waals surface area contributed by atoms with E-state index >= 15 is 0 Å². The van der Waals surface area contributed by atoms with E-state index in [0.717, 1.165) is 12.1 Å². The summed E-state index contributed by atoms with van der Waals surface area (Å²) in [5.41, 5.74) is -1.05. The van der Waals surface area contributed by atoms with Gasteiger partial charge in [0, 0.05) is 50.3 Å². The van der Waals surface area contributed by atoms with Gasteiger partial charge in [0.2, 0.25) is 0 Å².